The number of hydrogen-bond acceptors (Lipinski definition) is 4. The van der Waals surface area contributed by atoms with Crippen LogP contribution in [0.1, 0.15) is 26.3 Å². The summed E-state index contributed by atoms with van der Waals surface area (Å²) < 4.78 is 13.3. The van der Waals surface area contributed by atoms with Crippen LogP contribution in [0.4, 0.5) is 4.79 Å². The number of ether oxygens (including phenoxy) is 2. The van der Waals surface area contributed by atoms with Crippen LogP contribution in [0.25, 0.3) is 10.9 Å². The Labute approximate surface area is 163 Å². The quantitative estimate of drug-likeness (QED) is 0.506. The van der Waals surface area contributed by atoms with Crippen LogP contribution in [0.3, 0.4) is 0 Å². The topological polar surface area (TPSA) is 56.6 Å². The van der Waals surface area contributed by atoms with Crippen molar-refractivity contribution >= 4 is 25.1 Å². The van der Waals surface area contributed by atoms with E-state index in [1.807, 2.05) is 33.2 Å². The van der Waals surface area contributed by atoms with E-state index in [0.29, 0.717) is 13.3 Å². The number of amides is 1. The summed E-state index contributed by atoms with van der Waals surface area (Å²) >= 11 is 0. The van der Waals surface area contributed by atoms with Crippen molar-refractivity contribution < 1.29 is 14.3 Å². The first-order chi connectivity index (χ1) is 12.5. The lowest BCUT2D eigenvalue weighted by Crippen LogP contribution is -2.33. The number of pyridine rings is 1. The van der Waals surface area contributed by atoms with Gasteiger partial charge in [0.2, 0.25) is 0 Å². The molecular formula is C20H33N3O3Si. The van der Waals surface area contributed by atoms with Gasteiger partial charge in [0.05, 0.1) is 18.3 Å². The third-order valence-electron chi connectivity index (χ3n) is 4.12. The summed E-state index contributed by atoms with van der Waals surface area (Å²) in [5, 5.41) is 1.08. The standard InChI is InChI=1S/C20H33N3O3Si/c1-20(2,3)26-19(24)22(4)14-16-12-21-13-18-17(16)8-9-23(18)15-25-10-11-27(5,6)7/h8-9,12-13H,10-11,14-15H2,1-7H3. The molecule has 6 nitrogen and oxygen atoms in total. The molecule has 0 aliphatic rings. The summed E-state index contributed by atoms with van der Waals surface area (Å²) in [6, 6.07) is 3.20. The number of fused-ring (bicyclic) bond motifs is 1. The molecule has 0 saturated carbocycles. The molecule has 27 heavy (non-hydrogen) atoms. The van der Waals surface area contributed by atoms with Crippen molar-refractivity contribution in [3.63, 3.8) is 0 Å². The van der Waals surface area contributed by atoms with Gasteiger partial charge in [0.15, 0.2) is 0 Å². The largest absolute Gasteiger partial charge is 0.444 e. The second-order valence-electron chi connectivity index (χ2n) is 9.20. The molecular weight excluding hydrogens is 358 g/mol. The van der Waals surface area contributed by atoms with E-state index in [1.54, 1.807) is 18.1 Å². The van der Waals surface area contributed by atoms with Gasteiger partial charge >= 0.3 is 6.09 Å². The Kier molecular flexibility index (Phi) is 6.70. The fourth-order valence-electron chi connectivity index (χ4n) is 2.61. The van der Waals surface area contributed by atoms with Crippen molar-refractivity contribution in [3.05, 3.63) is 30.2 Å². The molecule has 150 valence electrons. The van der Waals surface area contributed by atoms with Gasteiger partial charge in [-0.1, -0.05) is 19.6 Å². The molecule has 2 aromatic heterocycles. The molecule has 2 rings (SSSR count). The smallest absolute Gasteiger partial charge is 0.410 e. The average Bonchev–Trinajstić information content (AvgIpc) is 2.93. The van der Waals surface area contributed by atoms with Crippen LogP contribution in [0.2, 0.25) is 25.7 Å². The van der Waals surface area contributed by atoms with E-state index in [1.165, 1.54) is 0 Å². The zero-order valence-corrected chi connectivity index (χ0v) is 18.7. The number of carbonyl (C=O) groups is 1. The molecule has 0 spiro atoms. The third kappa shape index (κ3) is 6.66. The van der Waals surface area contributed by atoms with E-state index < -0.39 is 13.7 Å². The van der Waals surface area contributed by atoms with Gasteiger partial charge in [-0.05, 0) is 38.4 Å². The minimum Gasteiger partial charge on any atom is -0.444 e. The van der Waals surface area contributed by atoms with Crippen LogP contribution in [0, 0.1) is 0 Å². The minimum atomic E-state index is -1.08. The van der Waals surface area contributed by atoms with Crippen molar-refractivity contribution in [2.45, 2.75) is 65.3 Å². The van der Waals surface area contributed by atoms with Crippen LogP contribution in [-0.4, -0.2) is 47.9 Å². The van der Waals surface area contributed by atoms with Gasteiger partial charge in [0.25, 0.3) is 0 Å². The summed E-state index contributed by atoms with van der Waals surface area (Å²) in [6.45, 7) is 14.4. The molecule has 0 aliphatic heterocycles. The number of carbonyl (C=O) groups excluding carboxylic acids is 1. The van der Waals surface area contributed by atoms with E-state index >= 15 is 0 Å². The van der Waals surface area contributed by atoms with E-state index in [9.17, 15) is 4.79 Å². The van der Waals surface area contributed by atoms with Gasteiger partial charge in [-0.2, -0.15) is 0 Å². The lowest BCUT2D eigenvalue weighted by molar-refractivity contribution is 0.0285. The van der Waals surface area contributed by atoms with Crippen molar-refractivity contribution in [2.24, 2.45) is 0 Å². The van der Waals surface area contributed by atoms with Gasteiger partial charge < -0.3 is 18.9 Å². The Hall–Kier alpha value is -1.86. The molecule has 1 amide bonds. The van der Waals surface area contributed by atoms with Crippen LogP contribution in [-0.2, 0) is 22.7 Å². The summed E-state index contributed by atoms with van der Waals surface area (Å²) in [6.07, 6.45) is 5.32. The van der Waals surface area contributed by atoms with Crippen LogP contribution < -0.4 is 0 Å². The van der Waals surface area contributed by atoms with Crippen molar-refractivity contribution in [1.82, 2.24) is 14.5 Å². The zero-order chi connectivity index (χ0) is 20.2. The minimum absolute atomic E-state index is 0.339. The molecule has 0 unspecified atom stereocenters. The maximum Gasteiger partial charge on any atom is 0.410 e. The highest BCUT2D eigenvalue weighted by molar-refractivity contribution is 6.76. The van der Waals surface area contributed by atoms with Crippen molar-refractivity contribution in [3.8, 4) is 0 Å². The number of hydrogen-bond donors (Lipinski definition) is 0. The first kappa shape index (κ1) is 21.4. The molecule has 2 aromatic rings. The van der Waals surface area contributed by atoms with E-state index in [2.05, 4.69) is 35.3 Å². The monoisotopic (exact) mass is 391 g/mol. The lowest BCUT2D eigenvalue weighted by Gasteiger charge is -2.24. The molecule has 2 heterocycles. The normalized spacial score (nSPS) is 12.4. The number of nitrogens with zero attached hydrogens (tertiary/aromatic N) is 3. The molecule has 0 radical (unpaired) electrons. The van der Waals surface area contributed by atoms with Crippen LogP contribution in [0.15, 0.2) is 24.7 Å². The van der Waals surface area contributed by atoms with E-state index in [-0.39, 0.29) is 6.09 Å². The van der Waals surface area contributed by atoms with Crippen molar-refractivity contribution in [1.29, 1.82) is 0 Å². The van der Waals surface area contributed by atoms with Gasteiger partial charge in [0, 0.05) is 39.5 Å². The first-order valence-corrected chi connectivity index (χ1v) is 13.1. The highest BCUT2D eigenvalue weighted by Gasteiger charge is 2.20. The van der Waals surface area contributed by atoms with E-state index in [4.69, 9.17) is 9.47 Å². The molecule has 0 aliphatic carbocycles. The molecule has 0 aromatic carbocycles. The van der Waals surface area contributed by atoms with Crippen molar-refractivity contribution in [2.75, 3.05) is 13.7 Å². The molecule has 0 saturated heterocycles. The summed E-state index contributed by atoms with van der Waals surface area (Å²) in [5.74, 6) is 0. The summed E-state index contributed by atoms with van der Waals surface area (Å²) in [7, 11) is 0.655. The predicted octanol–water partition coefficient (Wildman–Crippen LogP) is 4.72. The second-order valence-corrected chi connectivity index (χ2v) is 14.8. The molecule has 0 atom stereocenters. The number of rotatable bonds is 7. The maximum atomic E-state index is 12.2. The summed E-state index contributed by atoms with van der Waals surface area (Å²) in [4.78, 5) is 18.1. The van der Waals surface area contributed by atoms with Crippen LogP contribution >= 0.6 is 0 Å². The average molecular weight is 392 g/mol. The fraction of sp³-hybridized carbons (Fsp3) is 0.600. The lowest BCUT2D eigenvalue weighted by atomic mass is 10.2. The van der Waals surface area contributed by atoms with Gasteiger partial charge in [-0.15, -0.1) is 0 Å². The SMILES string of the molecule is CN(Cc1cncc2c1ccn2COCC[Si](C)(C)C)C(=O)OC(C)(C)C. The Morgan fingerprint density at radius 3 is 2.59 bits per heavy atom. The Balaban J connectivity index is 2.05. The predicted molar refractivity (Wildman–Crippen MR) is 112 cm³/mol. The van der Waals surface area contributed by atoms with Gasteiger partial charge in [-0.3, -0.25) is 4.98 Å². The second kappa shape index (κ2) is 8.44. The maximum absolute atomic E-state index is 12.2. The molecule has 7 heteroatoms. The van der Waals surface area contributed by atoms with Crippen LogP contribution in [0.5, 0.6) is 0 Å². The fourth-order valence-corrected chi connectivity index (χ4v) is 3.36. The van der Waals surface area contributed by atoms with E-state index in [0.717, 1.165) is 29.1 Å². The van der Waals surface area contributed by atoms with Gasteiger partial charge in [0.1, 0.15) is 12.3 Å². The molecule has 0 bridgehead atoms. The Morgan fingerprint density at radius 2 is 1.96 bits per heavy atom. The summed E-state index contributed by atoms with van der Waals surface area (Å²) in [5.41, 5.74) is 1.49. The number of aromatic nitrogens is 2. The first-order valence-electron chi connectivity index (χ1n) is 9.40. The Bertz CT molecular complexity index is 775. The van der Waals surface area contributed by atoms with Gasteiger partial charge in [-0.25, -0.2) is 4.79 Å². The molecule has 0 N–H and O–H groups in total. The third-order valence-corrected chi connectivity index (χ3v) is 5.82. The highest BCUT2D eigenvalue weighted by Crippen LogP contribution is 2.21. The highest BCUT2D eigenvalue weighted by atomic mass is 28.3. The molecule has 0 fully saturated rings. The zero-order valence-electron chi connectivity index (χ0n) is 17.7. The Morgan fingerprint density at radius 1 is 1.26 bits per heavy atom.